The molecule has 0 unspecified atom stereocenters. The summed E-state index contributed by atoms with van der Waals surface area (Å²) < 4.78 is 11.4. The summed E-state index contributed by atoms with van der Waals surface area (Å²) in [6.45, 7) is 4.06. The van der Waals surface area contributed by atoms with Gasteiger partial charge in [0, 0.05) is 12.8 Å². The fourth-order valence-corrected chi connectivity index (χ4v) is 1.76. The molecule has 0 atom stereocenters. The van der Waals surface area contributed by atoms with Crippen molar-refractivity contribution in [3.8, 4) is 17.4 Å². The van der Waals surface area contributed by atoms with Gasteiger partial charge in [0.1, 0.15) is 5.75 Å². The van der Waals surface area contributed by atoms with E-state index in [0.717, 1.165) is 5.56 Å². The van der Waals surface area contributed by atoms with Crippen molar-refractivity contribution in [3.05, 3.63) is 48.2 Å². The molecule has 4 nitrogen and oxygen atoms in total. The van der Waals surface area contributed by atoms with Crippen molar-refractivity contribution in [1.82, 2.24) is 4.98 Å². The van der Waals surface area contributed by atoms with Crippen LogP contribution in [0.4, 0.5) is 0 Å². The topological polar surface area (TPSA) is 51.6 Å². The summed E-state index contributed by atoms with van der Waals surface area (Å²) >= 11 is 0. The molecule has 0 aliphatic heterocycles. The fraction of sp³-hybridized carbons (Fsp3) is 0.312. The molecule has 0 radical (unpaired) electrons. The Bertz CT molecular complexity index is 538. The highest BCUT2D eigenvalue weighted by molar-refractivity contribution is 5.37. The predicted molar refractivity (Wildman–Crippen MR) is 77.3 cm³/mol. The zero-order valence-electron chi connectivity index (χ0n) is 11.7. The van der Waals surface area contributed by atoms with Crippen LogP contribution >= 0.6 is 0 Å². The van der Waals surface area contributed by atoms with Gasteiger partial charge in [0.2, 0.25) is 0 Å². The van der Waals surface area contributed by atoms with Crippen LogP contribution < -0.4 is 9.47 Å². The second kappa shape index (κ2) is 6.91. The van der Waals surface area contributed by atoms with E-state index in [-0.39, 0.29) is 12.7 Å². The zero-order valence-corrected chi connectivity index (χ0v) is 11.7. The molecule has 0 saturated carbocycles. The lowest BCUT2D eigenvalue weighted by Gasteiger charge is -2.13. The Kier molecular flexibility index (Phi) is 4.96. The molecule has 0 fully saturated rings. The number of hydrogen-bond acceptors (Lipinski definition) is 4. The number of nitrogens with zero attached hydrogens (tertiary/aromatic N) is 1. The van der Waals surface area contributed by atoms with Crippen molar-refractivity contribution in [2.75, 3.05) is 6.61 Å². The number of hydrogen-bond donors (Lipinski definition) is 1. The molecule has 0 amide bonds. The second-order valence-corrected chi connectivity index (χ2v) is 4.69. The Balaban J connectivity index is 2.13. The summed E-state index contributed by atoms with van der Waals surface area (Å²) in [4.78, 5) is 4.20. The van der Waals surface area contributed by atoms with Crippen molar-refractivity contribution >= 4 is 0 Å². The Hall–Kier alpha value is -2.07. The van der Waals surface area contributed by atoms with Gasteiger partial charge in [0.05, 0.1) is 6.10 Å². The minimum absolute atomic E-state index is 0.0634. The second-order valence-electron chi connectivity index (χ2n) is 4.69. The summed E-state index contributed by atoms with van der Waals surface area (Å²) in [6.07, 6.45) is 2.38. The number of aliphatic hydroxyl groups excluding tert-OH is 1. The first-order chi connectivity index (χ1) is 9.69. The lowest BCUT2D eigenvalue weighted by atomic mass is 10.1. The largest absolute Gasteiger partial charge is 0.485 e. The summed E-state index contributed by atoms with van der Waals surface area (Å²) in [5.41, 5.74) is 1.07. The first-order valence-corrected chi connectivity index (χ1v) is 6.68. The van der Waals surface area contributed by atoms with E-state index < -0.39 is 0 Å². The summed E-state index contributed by atoms with van der Waals surface area (Å²) in [6, 6.07) is 11.2. The highest BCUT2D eigenvalue weighted by Crippen LogP contribution is 2.29. The zero-order chi connectivity index (χ0) is 14.4. The molecule has 0 saturated heterocycles. The lowest BCUT2D eigenvalue weighted by molar-refractivity contribution is 0.231. The monoisotopic (exact) mass is 273 g/mol. The van der Waals surface area contributed by atoms with Gasteiger partial charge in [0.25, 0.3) is 5.88 Å². The number of pyridine rings is 1. The third-order valence-corrected chi connectivity index (χ3v) is 2.64. The highest BCUT2D eigenvalue weighted by atomic mass is 16.5. The highest BCUT2D eigenvalue weighted by Gasteiger charge is 2.08. The maximum atomic E-state index is 8.89. The molecule has 1 aromatic heterocycles. The molecule has 2 aromatic rings. The molecule has 0 aliphatic carbocycles. The van der Waals surface area contributed by atoms with Gasteiger partial charge in [-0.05, 0) is 50.1 Å². The Labute approximate surface area is 119 Å². The molecule has 1 N–H and O–H groups in total. The van der Waals surface area contributed by atoms with Gasteiger partial charge in [-0.1, -0.05) is 12.1 Å². The molecule has 4 heteroatoms. The van der Waals surface area contributed by atoms with Crippen molar-refractivity contribution in [3.63, 3.8) is 0 Å². The average Bonchev–Trinajstić information content (AvgIpc) is 2.43. The number of aromatic nitrogens is 1. The molecular formula is C16H19NO3. The van der Waals surface area contributed by atoms with Crippen molar-refractivity contribution in [2.24, 2.45) is 0 Å². The number of benzene rings is 1. The standard InChI is InChI=1S/C16H19NO3/c1-12(2)19-15-4-3-10-17-16(15)20-14-7-5-13(6-8-14)9-11-18/h3-8,10,12,18H,9,11H2,1-2H3. The van der Waals surface area contributed by atoms with E-state index in [1.54, 1.807) is 6.20 Å². The summed E-state index contributed by atoms with van der Waals surface area (Å²) in [5.74, 6) is 1.78. The van der Waals surface area contributed by atoms with Crippen LogP contribution in [0.2, 0.25) is 0 Å². The minimum Gasteiger partial charge on any atom is -0.485 e. The lowest BCUT2D eigenvalue weighted by Crippen LogP contribution is -2.07. The SMILES string of the molecule is CC(C)Oc1cccnc1Oc1ccc(CCO)cc1. The number of aliphatic hydroxyl groups is 1. The van der Waals surface area contributed by atoms with Gasteiger partial charge >= 0.3 is 0 Å². The first kappa shape index (κ1) is 14.3. The molecule has 0 spiro atoms. The maximum Gasteiger partial charge on any atom is 0.262 e. The fourth-order valence-electron chi connectivity index (χ4n) is 1.76. The van der Waals surface area contributed by atoms with Crippen LogP contribution in [0.15, 0.2) is 42.6 Å². The Morgan fingerprint density at radius 3 is 2.55 bits per heavy atom. The van der Waals surface area contributed by atoms with Crippen molar-refractivity contribution < 1.29 is 14.6 Å². The maximum absolute atomic E-state index is 8.89. The minimum atomic E-state index is 0.0634. The average molecular weight is 273 g/mol. The molecule has 1 heterocycles. The Morgan fingerprint density at radius 2 is 1.90 bits per heavy atom. The van der Waals surface area contributed by atoms with E-state index in [2.05, 4.69) is 4.98 Å². The molecule has 0 aliphatic rings. The third-order valence-electron chi connectivity index (χ3n) is 2.64. The molecule has 0 bridgehead atoms. The van der Waals surface area contributed by atoms with Crippen LogP contribution in [0.25, 0.3) is 0 Å². The van der Waals surface area contributed by atoms with E-state index in [1.165, 1.54) is 0 Å². The first-order valence-electron chi connectivity index (χ1n) is 6.68. The molecular weight excluding hydrogens is 254 g/mol. The molecule has 1 aromatic carbocycles. The van der Waals surface area contributed by atoms with Gasteiger partial charge in [0.15, 0.2) is 5.75 Å². The van der Waals surface area contributed by atoms with Gasteiger partial charge in [-0.2, -0.15) is 0 Å². The van der Waals surface area contributed by atoms with Crippen LogP contribution in [0.3, 0.4) is 0 Å². The van der Waals surface area contributed by atoms with E-state index in [0.29, 0.717) is 23.8 Å². The smallest absolute Gasteiger partial charge is 0.262 e. The van der Waals surface area contributed by atoms with Crippen molar-refractivity contribution in [1.29, 1.82) is 0 Å². The van der Waals surface area contributed by atoms with Gasteiger partial charge in [-0.3, -0.25) is 0 Å². The predicted octanol–water partition coefficient (Wildman–Crippen LogP) is 3.20. The van der Waals surface area contributed by atoms with Gasteiger partial charge in [-0.25, -0.2) is 4.98 Å². The van der Waals surface area contributed by atoms with Crippen LogP contribution in [-0.2, 0) is 6.42 Å². The van der Waals surface area contributed by atoms with Gasteiger partial charge in [-0.15, -0.1) is 0 Å². The Morgan fingerprint density at radius 1 is 1.15 bits per heavy atom. The molecule has 2 rings (SSSR count). The van der Waals surface area contributed by atoms with Crippen LogP contribution in [0, 0.1) is 0 Å². The van der Waals surface area contributed by atoms with E-state index in [9.17, 15) is 0 Å². The van der Waals surface area contributed by atoms with E-state index in [4.69, 9.17) is 14.6 Å². The van der Waals surface area contributed by atoms with Crippen molar-refractivity contribution in [2.45, 2.75) is 26.4 Å². The van der Waals surface area contributed by atoms with Crippen LogP contribution in [0.5, 0.6) is 17.4 Å². The summed E-state index contributed by atoms with van der Waals surface area (Å²) in [5, 5.41) is 8.89. The number of rotatable bonds is 6. The normalized spacial score (nSPS) is 10.6. The van der Waals surface area contributed by atoms with E-state index in [1.807, 2.05) is 50.2 Å². The molecule has 20 heavy (non-hydrogen) atoms. The number of ether oxygens (including phenoxy) is 2. The van der Waals surface area contributed by atoms with Gasteiger partial charge < -0.3 is 14.6 Å². The van der Waals surface area contributed by atoms with Crippen LogP contribution in [-0.4, -0.2) is 22.8 Å². The third kappa shape index (κ3) is 3.96. The summed E-state index contributed by atoms with van der Waals surface area (Å²) in [7, 11) is 0. The molecule has 106 valence electrons. The van der Waals surface area contributed by atoms with E-state index >= 15 is 0 Å². The van der Waals surface area contributed by atoms with Crippen LogP contribution in [0.1, 0.15) is 19.4 Å². The quantitative estimate of drug-likeness (QED) is 0.878.